The van der Waals surface area contributed by atoms with Crippen LogP contribution in [0.15, 0.2) is 64.4 Å². The fraction of sp³-hybridized carbons (Fsp3) is 0.469. The molecule has 0 fully saturated rings. The second-order valence-corrected chi connectivity index (χ2v) is 14.3. The number of rotatable bonds is 8. The third-order valence-electron chi connectivity index (χ3n) is 7.79. The van der Waals surface area contributed by atoms with E-state index >= 15 is 0 Å². The molecule has 11 nitrogen and oxygen atoms in total. The lowest BCUT2D eigenvalue weighted by Gasteiger charge is -2.36. The zero-order valence-corrected chi connectivity index (χ0v) is 27.7. The number of aliphatic hydroxyl groups excluding tert-OH is 1. The van der Waals surface area contributed by atoms with Crippen LogP contribution in [0.5, 0.6) is 5.75 Å². The van der Waals surface area contributed by atoms with E-state index in [1.54, 1.807) is 71.9 Å². The Kier molecular flexibility index (Phi) is 12.0. The number of likely N-dealkylation sites (N-methyl/N-ethyl adjacent to an activating group) is 1. The molecule has 1 aromatic carbocycles. The van der Waals surface area contributed by atoms with Crippen LogP contribution in [0.4, 0.5) is 5.69 Å². The van der Waals surface area contributed by atoms with Crippen LogP contribution in [0, 0.1) is 5.92 Å². The SMILES string of the molecule is C[C@@H]1CCCCO[C@@H](CN(C)C(=O)c2ccncc2)[C@H](C)CN([C@H](C)CO)C(=O)c2cc(NS(=O)(=O)c3cccs3)ccc2O1. The molecule has 1 aliphatic heterocycles. The Morgan fingerprint density at radius 2 is 1.96 bits per heavy atom. The maximum absolute atomic E-state index is 14.3. The van der Waals surface area contributed by atoms with Gasteiger partial charge in [0.05, 0.1) is 30.4 Å². The van der Waals surface area contributed by atoms with Gasteiger partial charge in [-0.15, -0.1) is 11.3 Å². The summed E-state index contributed by atoms with van der Waals surface area (Å²) in [5, 5.41) is 11.8. The number of aromatic nitrogens is 1. The lowest BCUT2D eigenvalue weighted by Crippen LogP contribution is -2.48. The van der Waals surface area contributed by atoms with E-state index in [9.17, 15) is 23.1 Å². The van der Waals surface area contributed by atoms with Crippen molar-refractivity contribution in [2.45, 2.75) is 62.5 Å². The van der Waals surface area contributed by atoms with Crippen LogP contribution in [-0.4, -0.2) is 91.7 Å². The lowest BCUT2D eigenvalue weighted by molar-refractivity contribution is -0.0149. The number of anilines is 1. The molecule has 3 heterocycles. The van der Waals surface area contributed by atoms with Gasteiger partial charge in [-0.05, 0) is 74.9 Å². The minimum atomic E-state index is -3.85. The Labute approximate surface area is 269 Å². The molecule has 4 atom stereocenters. The Hall–Kier alpha value is -3.52. The first-order valence-electron chi connectivity index (χ1n) is 15.1. The highest BCUT2D eigenvalue weighted by Crippen LogP contribution is 2.30. The van der Waals surface area contributed by atoms with Crippen molar-refractivity contribution < 1.29 is 32.6 Å². The molecule has 0 radical (unpaired) electrons. The van der Waals surface area contributed by atoms with Crippen LogP contribution in [0.25, 0.3) is 0 Å². The number of carbonyl (C=O) groups is 2. The molecule has 1 aliphatic rings. The summed E-state index contributed by atoms with van der Waals surface area (Å²) in [5.41, 5.74) is 0.915. The summed E-state index contributed by atoms with van der Waals surface area (Å²) in [4.78, 5) is 34.6. The molecule has 45 heavy (non-hydrogen) atoms. The minimum absolute atomic E-state index is 0.154. The number of nitrogens with one attached hydrogen (secondary N) is 1. The van der Waals surface area contributed by atoms with Gasteiger partial charge in [-0.2, -0.15) is 0 Å². The Morgan fingerprint density at radius 3 is 2.64 bits per heavy atom. The smallest absolute Gasteiger partial charge is 0.271 e. The van der Waals surface area contributed by atoms with Gasteiger partial charge in [0.25, 0.3) is 21.8 Å². The summed E-state index contributed by atoms with van der Waals surface area (Å²) in [5.74, 6) is -0.481. The molecule has 13 heteroatoms. The third kappa shape index (κ3) is 9.03. The number of ether oxygens (including phenoxy) is 2. The Balaban J connectivity index is 1.65. The number of hydrogen-bond donors (Lipinski definition) is 2. The molecule has 0 aliphatic carbocycles. The average molecular weight is 659 g/mol. The Bertz CT molecular complexity index is 1520. The largest absolute Gasteiger partial charge is 0.490 e. The third-order valence-corrected chi connectivity index (χ3v) is 10.6. The monoisotopic (exact) mass is 658 g/mol. The summed E-state index contributed by atoms with van der Waals surface area (Å²) >= 11 is 1.09. The van der Waals surface area contributed by atoms with E-state index in [0.29, 0.717) is 30.9 Å². The minimum Gasteiger partial charge on any atom is -0.490 e. The highest BCUT2D eigenvalue weighted by molar-refractivity contribution is 7.94. The number of hydrogen-bond acceptors (Lipinski definition) is 9. The molecule has 0 spiro atoms. The van der Waals surface area contributed by atoms with Gasteiger partial charge in [-0.3, -0.25) is 19.3 Å². The van der Waals surface area contributed by atoms with Crippen molar-refractivity contribution in [1.29, 1.82) is 0 Å². The highest BCUT2D eigenvalue weighted by Gasteiger charge is 2.31. The zero-order valence-electron chi connectivity index (χ0n) is 26.1. The van der Waals surface area contributed by atoms with Gasteiger partial charge in [0.15, 0.2) is 0 Å². The zero-order chi connectivity index (χ0) is 32.6. The molecular formula is C32H42N4O7S2. The topological polar surface area (TPSA) is 138 Å². The first-order chi connectivity index (χ1) is 21.5. The predicted molar refractivity (Wildman–Crippen MR) is 173 cm³/mol. The van der Waals surface area contributed by atoms with E-state index in [0.717, 1.165) is 24.2 Å². The number of sulfonamides is 1. The highest BCUT2D eigenvalue weighted by atomic mass is 32.2. The van der Waals surface area contributed by atoms with Crippen molar-refractivity contribution in [3.05, 3.63) is 71.4 Å². The second-order valence-electron chi connectivity index (χ2n) is 11.5. The van der Waals surface area contributed by atoms with Crippen LogP contribution in [0.2, 0.25) is 0 Å². The van der Waals surface area contributed by atoms with Gasteiger partial charge in [-0.25, -0.2) is 8.42 Å². The van der Waals surface area contributed by atoms with Gasteiger partial charge in [0.1, 0.15) is 9.96 Å². The van der Waals surface area contributed by atoms with Gasteiger partial charge in [0.2, 0.25) is 0 Å². The second kappa shape index (κ2) is 15.7. The maximum atomic E-state index is 14.3. The molecule has 2 N–H and O–H groups in total. The number of carbonyl (C=O) groups excluding carboxylic acids is 2. The first-order valence-corrected chi connectivity index (χ1v) is 17.4. The summed E-state index contributed by atoms with van der Waals surface area (Å²) in [7, 11) is -2.13. The number of aliphatic hydroxyl groups is 1. The van der Waals surface area contributed by atoms with E-state index < -0.39 is 28.1 Å². The Morgan fingerprint density at radius 1 is 1.20 bits per heavy atom. The lowest BCUT2D eigenvalue weighted by atomic mass is 10.0. The van der Waals surface area contributed by atoms with Crippen LogP contribution in [0.3, 0.4) is 0 Å². The van der Waals surface area contributed by atoms with Crippen molar-refractivity contribution in [2.24, 2.45) is 5.92 Å². The van der Waals surface area contributed by atoms with Gasteiger partial charge in [0, 0.05) is 56.3 Å². The normalized spacial score (nSPS) is 20.8. The molecular weight excluding hydrogens is 617 g/mol. The maximum Gasteiger partial charge on any atom is 0.271 e. The van der Waals surface area contributed by atoms with E-state index in [1.165, 1.54) is 12.1 Å². The summed E-state index contributed by atoms with van der Waals surface area (Å²) in [6.45, 7) is 6.32. The van der Waals surface area contributed by atoms with Crippen LogP contribution < -0.4 is 9.46 Å². The van der Waals surface area contributed by atoms with Crippen molar-refractivity contribution in [1.82, 2.24) is 14.8 Å². The molecule has 0 saturated carbocycles. The first kappa shape index (κ1) is 34.4. The molecule has 0 saturated heterocycles. The number of pyridine rings is 1. The molecule has 0 unspecified atom stereocenters. The van der Waals surface area contributed by atoms with Gasteiger partial charge >= 0.3 is 0 Å². The van der Waals surface area contributed by atoms with Gasteiger partial charge in [-0.1, -0.05) is 13.0 Å². The predicted octanol–water partition coefficient (Wildman–Crippen LogP) is 4.51. The molecule has 2 aromatic heterocycles. The van der Waals surface area contributed by atoms with Gasteiger partial charge < -0.3 is 24.4 Å². The van der Waals surface area contributed by atoms with Crippen LogP contribution >= 0.6 is 11.3 Å². The molecule has 0 bridgehead atoms. The number of thiophene rings is 1. The number of amides is 2. The quantitative estimate of drug-likeness (QED) is 0.361. The van der Waals surface area contributed by atoms with Crippen molar-refractivity contribution in [2.75, 3.05) is 38.1 Å². The number of benzene rings is 1. The van der Waals surface area contributed by atoms with Crippen LogP contribution in [-0.2, 0) is 14.8 Å². The fourth-order valence-electron chi connectivity index (χ4n) is 5.14. The molecule has 3 aromatic rings. The summed E-state index contributed by atoms with van der Waals surface area (Å²) < 4.78 is 41.2. The number of nitrogens with zero attached hydrogens (tertiary/aromatic N) is 3. The van der Waals surface area contributed by atoms with E-state index in [4.69, 9.17) is 9.47 Å². The summed E-state index contributed by atoms with van der Waals surface area (Å²) in [6.07, 6.45) is 4.83. The summed E-state index contributed by atoms with van der Waals surface area (Å²) in [6, 6.07) is 10.6. The standard InChI is InChI=1S/C32H42N4O7S2/c1-22-19-36(23(2)21-37)32(39)27-18-26(34-45(40,41)30-9-7-17-44-30)10-11-28(27)43-24(3)8-5-6-16-42-29(22)20-35(4)31(38)25-12-14-33-15-13-25/h7,9-15,17-18,22-24,29,34,37H,5-6,8,16,19-21H2,1-4H3/t22-,23-,24-,29+/m1/s1. The van der Waals surface area contributed by atoms with Crippen molar-refractivity contribution in [3.63, 3.8) is 0 Å². The van der Waals surface area contributed by atoms with Crippen molar-refractivity contribution in [3.8, 4) is 5.75 Å². The average Bonchev–Trinajstić information content (AvgIpc) is 3.59. The van der Waals surface area contributed by atoms with E-state index in [1.807, 2.05) is 13.8 Å². The van der Waals surface area contributed by atoms with E-state index in [2.05, 4.69) is 9.71 Å². The fourth-order valence-corrected chi connectivity index (χ4v) is 7.18. The molecule has 244 valence electrons. The van der Waals surface area contributed by atoms with Crippen molar-refractivity contribution >= 4 is 38.9 Å². The molecule has 4 rings (SSSR count). The molecule has 2 amide bonds. The van der Waals surface area contributed by atoms with E-state index in [-0.39, 0.29) is 46.5 Å². The van der Waals surface area contributed by atoms with Crippen LogP contribution in [0.1, 0.15) is 60.7 Å². The number of fused-ring (bicyclic) bond motifs is 1.